The zero-order chi connectivity index (χ0) is 17.2. The lowest BCUT2D eigenvalue weighted by Crippen LogP contribution is -2.51. The third-order valence-electron chi connectivity index (χ3n) is 5.12. The molecule has 0 aromatic heterocycles. The van der Waals surface area contributed by atoms with Gasteiger partial charge in [0, 0.05) is 17.5 Å². The summed E-state index contributed by atoms with van der Waals surface area (Å²) in [6.45, 7) is 6.00. The first kappa shape index (κ1) is 16.6. The van der Waals surface area contributed by atoms with Gasteiger partial charge in [0.1, 0.15) is 6.04 Å². The summed E-state index contributed by atoms with van der Waals surface area (Å²) in [7, 11) is 5.71. The molecular formula is C21H26NO2+. The van der Waals surface area contributed by atoms with Crippen LogP contribution in [-0.4, -0.2) is 38.8 Å². The Hall–Kier alpha value is -2.26. The maximum Gasteiger partial charge on any atom is 0.161 e. The SMILES string of the molecule is C=CC[N@+]1(C)CCc2cc(OC)c(OC)cc2[C@H]1c1ccccc1. The molecule has 126 valence electrons. The molecule has 0 radical (unpaired) electrons. The molecule has 0 N–H and O–H groups in total. The lowest BCUT2D eigenvalue weighted by Gasteiger charge is -2.45. The normalized spacial score (nSPS) is 22.5. The van der Waals surface area contributed by atoms with Crippen LogP contribution >= 0.6 is 0 Å². The van der Waals surface area contributed by atoms with Crippen molar-refractivity contribution in [3.63, 3.8) is 0 Å². The van der Waals surface area contributed by atoms with E-state index in [0.29, 0.717) is 0 Å². The Morgan fingerprint density at radius 3 is 2.42 bits per heavy atom. The Bertz CT molecular complexity index is 726. The molecule has 0 saturated carbocycles. The van der Waals surface area contributed by atoms with E-state index in [4.69, 9.17) is 9.47 Å². The van der Waals surface area contributed by atoms with Crippen molar-refractivity contribution in [1.82, 2.24) is 0 Å². The summed E-state index contributed by atoms with van der Waals surface area (Å²) >= 11 is 0. The summed E-state index contributed by atoms with van der Waals surface area (Å²) < 4.78 is 12.0. The highest BCUT2D eigenvalue weighted by Crippen LogP contribution is 2.43. The topological polar surface area (TPSA) is 18.5 Å². The minimum absolute atomic E-state index is 0.271. The van der Waals surface area contributed by atoms with Gasteiger partial charge in [0.2, 0.25) is 0 Å². The van der Waals surface area contributed by atoms with E-state index in [1.807, 2.05) is 6.08 Å². The fraction of sp³-hybridized carbons (Fsp3) is 0.333. The van der Waals surface area contributed by atoms with Crippen molar-refractivity contribution in [2.75, 3.05) is 34.4 Å². The van der Waals surface area contributed by atoms with Gasteiger partial charge in [0.25, 0.3) is 0 Å². The summed E-state index contributed by atoms with van der Waals surface area (Å²) in [4.78, 5) is 0. The van der Waals surface area contributed by atoms with Gasteiger partial charge < -0.3 is 14.0 Å². The Kier molecular flexibility index (Phi) is 4.63. The molecule has 0 bridgehead atoms. The molecule has 1 heterocycles. The van der Waals surface area contributed by atoms with E-state index < -0.39 is 0 Å². The number of nitrogens with zero attached hydrogens (tertiary/aromatic N) is 1. The van der Waals surface area contributed by atoms with Gasteiger partial charge >= 0.3 is 0 Å². The number of fused-ring (bicyclic) bond motifs is 1. The van der Waals surface area contributed by atoms with Crippen LogP contribution in [0.15, 0.2) is 55.1 Å². The summed E-state index contributed by atoms with van der Waals surface area (Å²) in [6, 6.07) is 15.3. The fourth-order valence-corrected chi connectivity index (χ4v) is 3.91. The molecule has 0 spiro atoms. The number of likely N-dealkylation sites (N-methyl/N-ethyl adjacent to an activating group) is 1. The van der Waals surface area contributed by atoms with Gasteiger partial charge in [0.15, 0.2) is 11.5 Å². The molecule has 3 nitrogen and oxygen atoms in total. The fourth-order valence-electron chi connectivity index (χ4n) is 3.91. The van der Waals surface area contributed by atoms with Crippen LogP contribution in [0.2, 0.25) is 0 Å². The van der Waals surface area contributed by atoms with Crippen molar-refractivity contribution in [1.29, 1.82) is 0 Å². The third-order valence-corrected chi connectivity index (χ3v) is 5.12. The van der Waals surface area contributed by atoms with Gasteiger partial charge in [-0.1, -0.05) is 36.9 Å². The monoisotopic (exact) mass is 324 g/mol. The lowest BCUT2D eigenvalue weighted by molar-refractivity contribution is -0.930. The van der Waals surface area contributed by atoms with E-state index in [0.717, 1.165) is 35.5 Å². The summed E-state index contributed by atoms with van der Waals surface area (Å²) in [6.07, 6.45) is 3.06. The van der Waals surface area contributed by atoms with Gasteiger partial charge in [-0.25, -0.2) is 0 Å². The molecule has 2 atom stereocenters. The Morgan fingerprint density at radius 1 is 1.12 bits per heavy atom. The highest BCUT2D eigenvalue weighted by atomic mass is 16.5. The molecule has 1 aliphatic heterocycles. The van der Waals surface area contributed by atoms with Crippen molar-refractivity contribution in [3.8, 4) is 11.5 Å². The van der Waals surface area contributed by atoms with Crippen LogP contribution in [0.25, 0.3) is 0 Å². The standard InChI is InChI=1S/C21H26NO2/c1-5-12-22(2)13-11-17-14-19(23-3)20(24-4)15-18(17)21(22)16-9-7-6-8-10-16/h5-10,14-15,21H,1,11-13H2,2-4H3/q+1/t21-,22-/m1/s1. The average Bonchev–Trinajstić information content (AvgIpc) is 2.61. The highest BCUT2D eigenvalue weighted by Gasteiger charge is 2.40. The summed E-state index contributed by atoms with van der Waals surface area (Å²) in [5, 5.41) is 0. The molecule has 2 aromatic rings. The molecule has 0 unspecified atom stereocenters. The number of hydrogen-bond acceptors (Lipinski definition) is 2. The van der Waals surface area contributed by atoms with Crippen molar-refractivity contribution >= 4 is 0 Å². The van der Waals surface area contributed by atoms with Crippen molar-refractivity contribution in [2.24, 2.45) is 0 Å². The molecule has 3 heteroatoms. The first-order valence-electron chi connectivity index (χ1n) is 8.38. The molecule has 1 aliphatic rings. The van der Waals surface area contributed by atoms with Crippen LogP contribution in [0, 0.1) is 0 Å². The minimum atomic E-state index is 0.271. The number of benzene rings is 2. The smallest absolute Gasteiger partial charge is 0.161 e. The van der Waals surface area contributed by atoms with Gasteiger partial charge in [-0.05, 0) is 23.8 Å². The summed E-state index contributed by atoms with van der Waals surface area (Å²) in [5.41, 5.74) is 4.01. The average molecular weight is 324 g/mol. The molecule has 24 heavy (non-hydrogen) atoms. The van der Waals surface area contributed by atoms with E-state index in [2.05, 4.69) is 56.1 Å². The molecule has 2 aromatic carbocycles. The quantitative estimate of drug-likeness (QED) is 0.612. The zero-order valence-electron chi connectivity index (χ0n) is 14.8. The van der Waals surface area contributed by atoms with E-state index in [1.54, 1.807) is 14.2 Å². The summed E-state index contributed by atoms with van der Waals surface area (Å²) in [5.74, 6) is 1.60. The van der Waals surface area contributed by atoms with Gasteiger partial charge in [0.05, 0.1) is 34.4 Å². The Labute approximate surface area is 144 Å². The third kappa shape index (κ3) is 2.80. The molecule has 0 fully saturated rings. The minimum Gasteiger partial charge on any atom is -0.493 e. The molecule has 0 aliphatic carbocycles. The van der Waals surface area contributed by atoms with Crippen molar-refractivity contribution in [2.45, 2.75) is 12.5 Å². The van der Waals surface area contributed by atoms with Crippen molar-refractivity contribution in [3.05, 3.63) is 71.8 Å². The Balaban J connectivity index is 2.19. The molecule has 0 amide bonds. The number of hydrogen-bond donors (Lipinski definition) is 0. The molecule has 3 rings (SSSR count). The van der Waals surface area contributed by atoms with E-state index in [1.165, 1.54) is 16.7 Å². The predicted molar refractivity (Wildman–Crippen MR) is 97.7 cm³/mol. The second-order valence-electron chi connectivity index (χ2n) is 6.64. The van der Waals surface area contributed by atoms with Gasteiger partial charge in [-0.2, -0.15) is 0 Å². The van der Waals surface area contributed by atoms with Gasteiger partial charge in [-0.15, -0.1) is 0 Å². The van der Waals surface area contributed by atoms with Crippen LogP contribution in [-0.2, 0) is 6.42 Å². The zero-order valence-corrected chi connectivity index (χ0v) is 14.8. The second kappa shape index (κ2) is 6.70. The van der Waals surface area contributed by atoms with Gasteiger partial charge in [-0.3, -0.25) is 0 Å². The lowest BCUT2D eigenvalue weighted by atomic mass is 9.85. The number of rotatable bonds is 5. The molecular weight excluding hydrogens is 298 g/mol. The number of quaternary nitrogens is 1. The van der Waals surface area contributed by atoms with Crippen LogP contribution < -0.4 is 9.47 Å². The first-order valence-corrected chi connectivity index (χ1v) is 8.38. The number of ether oxygens (including phenoxy) is 2. The van der Waals surface area contributed by atoms with Crippen LogP contribution in [0.5, 0.6) is 11.5 Å². The maximum absolute atomic E-state index is 5.56. The second-order valence-corrected chi connectivity index (χ2v) is 6.64. The van der Waals surface area contributed by atoms with E-state index in [9.17, 15) is 0 Å². The van der Waals surface area contributed by atoms with Crippen LogP contribution in [0.1, 0.15) is 22.7 Å². The number of methoxy groups -OCH3 is 2. The predicted octanol–water partition coefficient (Wildman–Crippen LogP) is 3.98. The highest BCUT2D eigenvalue weighted by molar-refractivity contribution is 5.50. The first-order chi connectivity index (χ1) is 11.6. The van der Waals surface area contributed by atoms with E-state index >= 15 is 0 Å². The Morgan fingerprint density at radius 2 is 1.79 bits per heavy atom. The van der Waals surface area contributed by atoms with E-state index in [-0.39, 0.29) is 6.04 Å². The van der Waals surface area contributed by atoms with Crippen molar-refractivity contribution < 1.29 is 14.0 Å². The maximum atomic E-state index is 5.56. The van der Waals surface area contributed by atoms with Crippen LogP contribution in [0.3, 0.4) is 0 Å². The largest absolute Gasteiger partial charge is 0.493 e. The molecule has 0 saturated heterocycles. The van der Waals surface area contributed by atoms with Crippen LogP contribution in [0.4, 0.5) is 0 Å².